The minimum absolute atomic E-state index is 0.0118. The Labute approximate surface area is 160 Å². The lowest BCUT2D eigenvalue weighted by atomic mass is 10.1. The second kappa shape index (κ2) is 6.31. The number of aromatic hydroxyl groups is 1. The summed E-state index contributed by atoms with van der Waals surface area (Å²) in [6.07, 6.45) is 4.54. The summed E-state index contributed by atoms with van der Waals surface area (Å²) >= 11 is 0. The molecule has 5 rings (SSSR count). The van der Waals surface area contributed by atoms with Gasteiger partial charge in [0.05, 0.1) is 6.04 Å². The topological polar surface area (TPSA) is 92.9 Å². The molecule has 2 aromatic heterocycles. The molecule has 0 atom stereocenters. The van der Waals surface area contributed by atoms with E-state index >= 15 is 0 Å². The minimum Gasteiger partial charge on any atom is -0.493 e. The quantitative estimate of drug-likeness (QED) is 0.579. The zero-order valence-electron chi connectivity index (χ0n) is 14.6. The Hall–Kier alpha value is -4.00. The molecular formula is C21H15N5O2. The highest BCUT2D eigenvalue weighted by molar-refractivity contribution is 5.97. The van der Waals surface area contributed by atoms with Crippen LogP contribution in [0, 0.1) is 0 Å². The summed E-state index contributed by atoms with van der Waals surface area (Å²) in [4.78, 5) is 21.0. The van der Waals surface area contributed by atoms with Crippen LogP contribution in [0.15, 0.2) is 73.2 Å². The Bertz CT molecular complexity index is 1140. The molecular weight excluding hydrogens is 354 g/mol. The molecule has 1 amide bonds. The van der Waals surface area contributed by atoms with Crippen LogP contribution in [0.3, 0.4) is 0 Å². The van der Waals surface area contributed by atoms with Crippen molar-refractivity contribution in [2.75, 3.05) is 0 Å². The van der Waals surface area contributed by atoms with E-state index in [-0.39, 0.29) is 17.6 Å². The molecule has 0 fully saturated rings. The van der Waals surface area contributed by atoms with Gasteiger partial charge >= 0.3 is 0 Å². The van der Waals surface area contributed by atoms with Gasteiger partial charge in [-0.3, -0.25) is 4.79 Å². The number of nitrogens with one attached hydrogen (secondary N) is 1. The summed E-state index contributed by atoms with van der Waals surface area (Å²) < 4.78 is 1.41. The monoisotopic (exact) mass is 369 g/mol. The molecule has 0 unspecified atom stereocenters. The average molecular weight is 369 g/mol. The Morgan fingerprint density at radius 3 is 2.29 bits per heavy atom. The molecule has 0 saturated carbocycles. The lowest BCUT2D eigenvalue weighted by Crippen LogP contribution is -2.28. The van der Waals surface area contributed by atoms with Crippen LogP contribution in [0.1, 0.15) is 27.5 Å². The summed E-state index contributed by atoms with van der Waals surface area (Å²) in [6.45, 7) is 0. The maximum absolute atomic E-state index is 12.9. The highest BCUT2D eigenvalue weighted by atomic mass is 16.3. The third kappa shape index (κ3) is 2.52. The van der Waals surface area contributed by atoms with Crippen molar-refractivity contribution in [3.8, 4) is 23.0 Å². The van der Waals surface area contributed by atoms with Gasteiger partial charge in [0.2, 0.25) is 5.88 Å². The van der Waals surface area contributed by atoms with Gasteiger partial charge in [0.15, 0.2) is 0 Å². The highest BCUT2D eigenvalue weighted by Gasteiger charge is 2.30. The maximum atomic E-state index is 12.9. The van der Waals surface area contributed by atoms with Crippen molar-refractivity contribution < 1.29 is 9.90 Å². The van der Waals surface area contributed by atoms with E-state index in [4.69, 9.17) is 0 Å². The fraction of sp³-hybridized carbons (Fsp3) is 0.0476. The van der Waals surface area contributed by atoms with Crippen LogP contribution in [0.4, 0.5) is 0 Å². The molecule has 2 aromatic carbocycles. The van der Waals surface area contributed by atoms with Crippen molar-refractivity contribution in [1.82, 2.24) is 25.1 Å². The van der Waals surface area contributed by atoms with Gasteiger partial charge < -0.3 is 10.4 Å². The van der Waals surface area contributed by atoms with E-state index in [9.17, 15) is 9.90 Å². The van der Waals surface area contributed by atoms with Gasteiger partial charge in [-0.15, -0.1) is 0 Å². The first-order valence-electron chi connectivity index (χ1n) is 8.77. The molecule has 28 heavy (non-hydrogen) atoms. The number of hydrogen-bond donors (Lipinski definition) is 2. The first kappa shape index (κ1) is 16.2. The number of aromatic nitrogens is 4. The van der Waals surface area contributed by atoms with Crippen molar-refractivity contribution in [2.45, 2.75) is 6.04 Å². The van der Waals surface area contributed by atoms with Crippen LogP contribution in [-0.4, -0.2) is 30.8 Å². The first-order valence-corrected chi connectivity index (χ1v) is 8.77. The van der Waals surface area contributed by atoms with Crippen LogP contribution >= 0.6 is 0 Å². The number of nitrogens with zero attached hydrogens (tertiary/aromatic N) is 4. The van der Waals surface area contributed by atoms with Gasteiger partial charge in [0.25, 0.3) is 11.9 Å². The average Bonchev–Trinajstić information content (AvgIpc) is 3.36. The fourth-order valence-corrected chi connectivity index (χ4v) is 3.54. The molecule has 0 spiro atoms. The van der Waals surface area contributed by atoms with Crippen LogP contribution in [0.2, 0.25) is 0 Å². The number of carbonyl (C=O) groups excluding carboxylic acids is 1. The van der Waals surface area contributed by atoms with E-state index in [1.54, 1.807) is 18.5 Å². The van der Waals surface area contributed by atoms with Gasteiger partial charge in [-0.05, 0) is 28.3 Å². The zero-order valence-corrected chi connectivity index (χ0v) is 14.6. The number of benzene rings is 2. The van der Waals surface area contributed by atoms with Crippen LogP contribution in [0.5, 0.6) is 5.88 Å². The molecule has 4 aromatic rings. The van der Waals surface area contributed by atoms with E-state index < -0.39 is 11.8 Å². The third-order valence-electron chi connectivity index (χ3n) is 4.82. The summed E-state index contributed by atoms with van der Waals surface area (Å²) in [7, 11) is 0. The number of amides is 1. The normalized spacial score (nSPS) is 12.4. The standard InChI is InChI=1S/C21H15N5O2/c27-19(17-12-22-21(25-20(17)28)26-11-5-10-23-26)24-18-15-8-3-1-6-13(15)14-7-2-4-9-16(14)18/h1-12,18H,(H,24,27)(H,22,25,28). The van der Waals surface area contributed by atoms with Gasteiger partial charge in [-0.2, -0.15) is 10.1 Å². The van der Waals surface area contributed by atoms with E-state index in [1.165, 1.54) is 10.9 Å². The number of carbonyl (C=O) groups is 1. The lowest BCUT2D eigenvalue weighted by molar-refractivity contribution is 0.0940. The summed E-state index contributed by atoms with van der Waals surface area (Å²) in [5.74, 6) is -0.644. The highest BCUT2D eigenvalue weighted by Crippen LogP contribution is 2.43. The van der Waals surface area contributed by atoms with Crippen LogP contribution < -0.4 is 5.32 Å². The summed E-state index contributed by atoms with van der Waals surface area (Å²) in [5, 5.41) is 17.3. The number of fused-ring (bicyclic) bond motifs is 3. The molecule has 0 saturated heterocycles. The SMILES string of the molecule is O=C(NC1c2ccccc2-c2ccccc21)c1cnc(-n2cccn2)nc1O. The fourth-order valence-electron chi connectivity index (χ4n) is 3.54. The van der Waals surface area contributed by atoms with Crippen molar-refractivity contribution in [2.24, 2.45) is 0 Å². The van der Waals surface area contributed by atoms with E-state index in [0.717, 1.165) is 22.3 Å². The molecule has 7 heteroatoms. The molecule has 2 N–H and O–H groups in total. The first-order chi connectivity index (χ1) is 13.7. The predicted octanol–water partition coefficient (Wildman–Crippen LogP) is 2.87. The Balaban J connectivity index is 1.48. The molecule has 0 aliphatic heterocycles. The third-order valence-corrected chi connectivity index (χ3v) is 4.82. The Morgan fingerprint density at radius 1 is 1.00 bits per heavy atom. The van der Waals surface area contributed by atoms with E-state index in [2.05, 4.69) is 20.4 Å². The largest absolute Gasteiger partial charge is 0.493 e. The Morgan fingerprint density at radius 2 is 1.68 bits per heavy atom. The van der Waals surface area contributed by atoms with Gasteiger partial charge in [-0.25, -0.2) is 9.67 Å². The summed E-state index contributed by atoms with van der Waals surface area (Å²) in [5.41, 5.74) is 4.24. The second-order valence-corrected chi connectivity index (χ2v) is 6.44. The van der Waals surface area contributed by atoms with Crippen molar-refractivity contribution >= 4 is 5.91 Å². The van der Waals surface area contributed by atoms with Crippen molar-refractivity contribution in [1.29, 1.82) is 0 Å². The molecule has 0 radical (unpaired) electrons. The van der Waals surface area contributed by atoms with Gasteiger partial charge in [-0.1, -0.05) is 48.5 Å². The van der Waals surface area contributed by atoms with Gasteiger partial charge in [0.1, 0.15) is 5.56 Å². The molecule has 0 bridgehead atoms. The van der Waals surface area contributed by atoms with E-state index in [0.29, 0.717) is 0 Å². The molecule has 2 heterocycles. The number of hydrogen-bond acceptors (Lipinski definition) is 5. The van der Waals surface area contributed by atoms with Crippen LogP contribution in [-0.2, 0) is 0 Å². The Kier molecular flexibility index (Phi) is 3.65. The minimum atomic E-state index is -0.443. The van der Waals surface area contributed by atoms with Crippen molar-refractivity contribution in [3.05, 3.63) is 89.9 Å². The van der Waals surface area contributed by atoms with Crippen molar-refractivity contribution in [3.63, 3.8) is 0 Å². The smallest absolute Gasteiger partial charge is 0.259 e. The zero-order chi connectivity index (χ0) is 19.1. The lowest BCUT2D eigenvalue weighted by Gasteiger charge is -2.16. The molecule has 1 aliphatic rings. The summed E-state index contributed by atoms with van der Waals surface area (Å²) in [6, 6.07) is 17.4. The molecule has 1 aliphatic carbocycles. The number of rotatable bonds is 3. The van der Waals surface area contributed by atoms with Crippen LogP contribution in [0.25, 0.3) is 17.1 Å². The van der Waals surface area contributed by atoms with E-state index in [1.807, 2.05) is 48.5 Å². The molecule has 136 valence electrons. The maximum Gasteiger partial charge on any atom is 0.259 e. The predicted molar refractivity (Wildman–Crippen MR) is 102 cm³/mol. The molecule has 7 nitrogen and oxygen atoms in total. The second-order valence-electron chi connectivity index (χ2n) is 6.44. The van der Waals surface area contributed by atoms with Gasteiger partial charge in [0, 0.05) is 18.6 Å².